The second kappa shape index (κ2) is 6.27. The lowest BCUT2D eigenvalue weighted by Gasteiger charge is -2.49. The van der Waals surface area contributed by atoms with Gasteiger partial charge in [-0.1, -0.05) is 13.0 Å². The summed E-state index contributed by atoms with van der Waals surface area (Å²) in [6, 6.07) is 10.3. The zero-order chi connectivity index (χ0) is 14.8. The maximum absolute atomic E-state index is 6.23. The Morgan fingerprint density at radius 2 is 2.00 bits per heavy atom. The predicted octanol–water partition coefficient (Wildman–Crippen LogP) is 3.71. The number of hydrogen-bond donors (Lipinski definition) is 1. The van der Waals surface area contributed by atoms with Gasteiger partial charge in [-0.3, -0.25) is 0 Å². The molecule has 3 nitrogen and oxygen atoms in total. The van der Waals surface area contributed by atoms with E-state index in [1.165, 1.54) is 24.9 Å². The lowest BCUT2D eigenvalue weighted by Crippen LogP contribution is -2.55. The number of hydrogen-bond acceptors (Lipinski definition) is 3. The van der Waals surface area contributed by atoms with Gasteiger partial charge in [0.15, 0.2) is 0 Å². The minimum atomic E-state index is 0.273. The Labute approximate surface area is 128 Å². The van der Waals surface area contributed by atoms with Crippen LogP contribution in [-0.4, -0.2) is 24.2 Å². The van der Waals surface area contributed by atoms with Crippen LogP contribution in [0.3, 0.4) is 0 Å². The molecule has 0 amide bonds. The second-order valence-electron chi connectivity index (χ2n) is 6.71. The van der Waals surface area contributed by atoms with Gasteiger partial charge in [0.1, 0.15) is 5.75 Å². The van der Waals surface area contributed by atoms with E-state index in [0.717, 1.165) is 25.0 Å². The van der Waals surface area contributed by atoms with E-state index in [1.54, 1.807) is 0 Å². The lowest BCUT2D eigenvalue weighted by molar-refractivity contribution is 0.217. The van der Waals surface area contributed by atoms with Crippen molar-refractivity contribution in [2.45, 2.75) is 76.6 Å². The Morgan fingerprint density at radius 1 is 1.29 bits per heavy atom. The quantitative estimate of drug-likeness (QED) is 0.918. The highest BCUT2D eigenvalue weighted by Gasteiger charge is 2.37. The third kappa shape index (κ3) is 3.18. The summed E-state index contributed by atoms with van der Waals surface area (Å²) in [5.41, 5.74) is 7.54. The molecule has 2 heterocycles. The van der Waals surface area contributed by atoms with Crippen LogP contribution in [0.4, 0.5) is 5.69 Å². The van der Waals surface area contributed by atoms with E-state index in [4.69, 9.17) is 10.5 Å². The smallest absolute Gasteiger partial charge is 0.121 e. The summed E-state index contributed by atoms with van der Waals surface area (Å²) in [6.07, 6.45) is 7.48. The molecule has 0 radical (unpaired) electrons. The maximum Gasteiger partial charge on any atom is 0.121 e. The van der Waals surface area contributed by atoms with E-state index in [0.29, 0.717) is 18.1 Å². The Morgan fingerprint density at radius 3 is 2.67 bits per heavy atom. The summed E-state index contributed by atoms with van der Waals surface area (Å²) in [6.45, 7) is 4.28. The van der Waals surface area contributed by atoms with E-state index >= 15 is 0 Å². The van der Waals surface area contributed by atoms with Crippen LogP contribution in [0.15, 0.2) is 24.3 Å². The molecule has 2 aliphatic rings. The SMILES string of the molecule is CCC(C)Oc1cccc(N2C3CCCC2CC(N)C3)c1. The number of anilines is 1. The molecule has 3 atom stereocenters. The molecule has 2 saturated heterocycles. The fraction of sp³-hybridized carbons (Fsp3) is 0.667. The number of nitrogens with two attached hydrogens (primary N) is 1. The Balaban J connectivity index is 1.81. The van der Waals surface area contributed by atoms with Crippen LogP contribution in [0.5, 0.6) is 5.75 Å². The second-order valence-corrected chi connectivity index (χ2v) is 6.71. The van der Waals surface area contributed by atoms with Crippen LogP contribution in [0.1, 0.15) is 52.4 Å². The van der Waals surface area contributed by atoms with E-state index < -0.39 is 0 Å². The van der Waals surface area contributed by atoms with Gasteiger partial charge < -0.3 is 15.4 Å². The molecular formula is C18H28N2O. The summed E-state index contributed by atoms with van der Waals surface area (Å²) >= 11 is 0. The summed E-state index contributed by atoms with van der Waals surface area (Å²) in [5.74, 6) is 0.995. The van der Waals surface area contributed by atoms with Gasteiger partial charge in [0.2, 0.25) is 0 Å². The highest BCUT2D eigenvalue weighted by Crippen LogP contribution is 2.38. The molecule has 2 N–H and O–H groups in total. The molecule has 1 aromatic carbocycles. The fourth-order valence-electron chi connectivity index (χ4n) is 3.88. The first-order valence-electron chi connectivity index (χ1n) is 8.48. The average molecular weight is 288 g/mol. The zero-order valence-corrected chi connectivity index (χ0v) is 13.3. The van der Waals surface area contributed by atoms with Gasteiger partial charge in [-0.25, -0.2) is 0 Å². The molecule has 1 aromatic rings. The highest BCUT2D eigenvalue weighted by molar-refractivity contribution is 5.53. The van der Waals surface area contributed by atoms with Crippen LogP contribution in [0.25, 0.3) is 0 Å². The van der Waals surface area contributed by atoms with Crippen molar-refractivity contribution in [3.63, 3.8) is 0 Å². The molecule has 2 fully saturated rings. The van der Waals surface area contributed by atoms with Gasteiger partial charge in [0.25, 0.3) is 0 Å². The van der Waals surface area contributed by atoms with Crippen LogP contribution < -0.4 is 15.4 Å². The Bertz CT molecular complexity index is 462. The minimum Gasteiger partial charge on any atom is -0.491 e. The summed E-state index contributed by atoms with van der Waals surface area (Å²) in [5, 5.41) is 0. The largest absolute Gasteiger partial charge is 0.491 e. The van der Waals surface area contributed by atoms with Crippen LogP contribution in [0.2, 0.25) is 0 Å². The fourth-order valence-corrected chi connectivity index (χ4v) is 3.88. The molecule has 21 heavy (non-hydrogen) atoms. The summed E-state index contributed by atoms with van der Waals surface area (Å²) in [7, 11) is 0. The van der Waals surface area contributed by atoms with Crippen LogP contribution in [0, 0.1) is 0 Å². The first kappa shape index (κ1) is 14.7. The normalized spacial score (nSPS) is 30.0. The van der Waals surface area contributed by atoms with Gasteiger partial charge in [0.05, 0.1) is 6.10 Å². The van der Waals surface area contributed by atoms with E-state index in [1.807, 2.05) is 0 Å². The van der Waals surface area contributed by atoms with Crippen molar-refractivity contribution < 1.29 is 4.74 Å². The van der Waals surface area contributed by atoms with Crippen molar-refractivity contribution in [3.8, 4) is 5.75 Å². The van der Waals surface area contributed by atoms with Crippen molar-refractivity contribution >= 4 is 5.69 Å². The first-order valence-corrected chi connectivity index (χ1v) is 8.48. The zero-order valence-electron chi connectivity index (χ0n) is 13.3. The van der Waals surface area contributed by atoms with Crippen molar-refractivity contribution in [2.24, 2.45) is 5.73 Å². The number of benzene rings is 1. The standard InChI is InChI=1S/C18H28N2O/c1-3-13(2)21-18-9-5-8-17(12-18)20-15-6-4-7-16(20)11-14(19)10-15/h5,8-9,12-16H,3-4,6-7,10-11,19H2,1-2H3. The minimum absolute atomic E-state index is 0.273. The van der Waals surface area contributed by atoms with Gasteiger partial charge in [-0.15, -0.1) is 0 Å². The number of rotatable bonds is 4. The molecule has 2 aliphatic heterocycles. The number of piperidine rings is 2. The topological polar surface area (TPSA) is 38.5 Å². The van der Waals surface area contributed by atoms with Gasteiger partial charge in [-0.2, -0.15) is 0 Å². The molecule has 0 aliphatic carbocycles. The third-order valence-corrected chi connectivity index (χ3v) is 5.04. The molecule has 0 saturated carbocycles. The van der Waals surface area contributed by atoms with Gasteiger partial charge in [0, 0.05) is 29.9 Å². The van der Waals surface area contributed by atoms with Crippen molar-refractivity contribution in [1.82, 2.24) is 0 Å². The predicted molar refractivity (Wildman–Crippen MR) is 87.9 cm³/mol. The third-order valence-electron chi connectivity index (χ3n) is 5.04. The molecule has 3 rings (SSSR count). The van der Waals surface area contributed by atoms with Crippen LogP contribution >= 0.6 is 0 Å². The molecular weight excluding hydrogens is 260 g/mol. The summed E-state index contributed by atoms with van der Waals surface area (Å²) < 4.78 is 5.99. The average Bonchev–Trinajstić information content (AvgIpc) is 2.46. The number of ether oxygens (including phenoxy) is 1. The maximum atomic E-state index is 6.23. The molecule has 0 spiro atoms. The van der Waals surface area contributed by atoms with Crippen molar-refractivity contribution in [1.29, 1.82) is 0 Å². The first-order chi connectivity index (χ1) is 10.2. The molecule has 116 valence electrons. The number of fused-ring (bicyclic) bond motifs is 2. The van der Waals surface area contributed by atoms with Crippen molar-refractivity contribution in [3.05, 3.63) is 24.3 Å². The lowest BCUT2D eigenvalue weighted by atomic mass is 9.81. The highest BCUT2D eigenvalue weighted by atomic mass is 16.5. The van der Waals surface area contributed by atoms with Gasteiger partial charge >= 0.3 is 0 Å². The molecule has 3 unspecified atom stereocenters. The Kier molecular flexibility index (Phi) is 4.39. The van der Waals surface area contributed by atoms with Gasteiger partial charge in [-0.05, 0) is 57.6 Å². The van der Waals surface area contributed by atoms with E-state index in [-0.39, 0.29) is 6.10 Å². The molecule has 2 bridgehead atoms. The van der Waals surface area contributed by atoms with Crippen molar-refractivity contribution in [2.75, 3.05) is 4.90 Å². The van der Waals surface area contributed by atoms with E-state index in [2.05, 4.69) is 43.0 Å². The monoisotopic (exact) mass is 288 g/mol. The Hall–Kier alpha value is -1.22. The summed E-state index contributed by atoms with van der Waals surface area (Å²) in [4.78, 5) is 2.62. The molecule has 3 heteroatoms. The number of nitrogens with zero attached hydrogens (tertiary/aromatic N) is 1. The van der Waals surface area contributed by atoms with E-state index in [9.17, 15) is 0 Å². The van der Waals surface area contributed by atoms with Crippen LogP contribution in [-0.2, 0) is 0 Å². The molecule has 0 aromatic heterocycles.